The van der Waals surface area contributed by atoms with Gasteiger partial charge in [0.2, 0.25) is 5.75 Å². The standard InChI is InChI=1S/C28H47O6P/c1-3-5-7-9-11-13-15-17-19-24-32-26-22-21-23-27(34-35(29,30)31)28(26)33-25-20-18-16-14-12-10-8-6-4-2/h3-4,21-23H,1-2,5-20,24-25H2,(H2,29,30,31). The summed E-state index contributed by atoms with van der Waals surface area (Å²) in [5.74, 6) is 0.739. The van der Waals surface area contributed by atoms with Crippen LogP contribution >= 0.6 is 7.82 Å². The van der Waals surface area contributed by atoms with Gasteiger partial charge in [-0.2, -0.15) is 0 Å². The average Bonchev–Trinajstić information content (AvgIpc) is 2.81. The van der Waals surface area contributed by atoms with Crippen molar-refractivity contribution >= 4 is 7.82 Å². The molecule has 0 bridgehead atoms. The predicted octanol–water partition coefficient (Wildman–Crippen LogP) is 8.53. The first kappa shape index (κ1) is 31.3. The van der Waals surface area contributed by atoms with Crippen LogP contribution in [0.25, 0.3) is 0 Å². The second-order valence-electron chi connectivity index (χ2n) is 8.97. The van der Waals surface area contributed by atoms with E-state index in [1.54, 1.807) is 12.1 Å². The smallest absolute Gasteiger partial charge is 0.490 e. The molecule has 0 aliphatic rings. The van der Waals surface area contributed by atoms with Crippen molar-refractivity contribution in [3.63, 3.8) is 0 Å². The average molecular weight is 511 g/mol. The van der Waals surface area contributed by atoms with Crippen molar-refractivity contribution in [2.24, 2.45) is 0 Å². The third kappa shape index (κ3) is 17.3. The first-order chi connectivity index (χ1) is 17.0. The second-order valence-corrected chi connectivity index (χ2v) is 10.1. The fraction of sp³-hybridized carbons (Fsp3) is 0.643. The third-order valence-electron chi connectivity index (χ3n) is 5.77. The minimum absolute atomic E-state index is 0.0116. The molecule has 0 radical (unpaired) electrons. The zero-order valence-corrected chi connectivity index (χ0v) is 22.4. The van der Waals surface area contributed by atoms with Crippen LogP contribution < -0.4 is 14.0 Å². The Morgan fingerprint density at radius 1 is 0.657 bits per heavy atom. The molecular formula is C28H47O6P. The number of hydrogen-bond acceptors (Lipinski definition) is 4. The number of unbranched alkanes of at least 4 members (excludes halogenated alkanes) is 14. The molecule has 0 aromatic heterocycles. The van der Waals surface area contributed by atoms with Gasteiger partial charge in [-0.05, 0) is 50.7 Å². The Balaban J connectivity index is 2.41. The SMILES string of the molecule is C=CCCCCCCCCCOc1cccc(OP(=O)(O)O)c1OCCCCCCCCCC=C. The predicted molar refractivity (Wildman–Crippen MR) is 144 cm³/mol. The maximum atomic E-state index is 11.4. The number of phosphoric acid groups is 1. The molecule has 0 saturated heterocycles. The lowest BCUT2D eigenvalue weighted by Gasteiger charge is -2.17. The molecule has 35 heavy (non-hydrogen) atoms. The molecule has 200 valence electrons. The van der Waals surface area contributed by atoms with Crippen molar-refractivity contribution in [3.05, 3.63) is 43.5 Å². The molecule has 2 N–H and O–H groups in total. The minimum Gasteiger partial charge on any atom is -0.490 e. The van der Waals surface area contributed by atoms with Crippen LogP contribution in [0, 0.1) is 0 Å². The Hall–Kier alpha value is -1.75. The molecule has 0 unspecified atom stereocenters. The Morgan fingerprint density at radius 2 is 1.09 bits per heavy atom. The van der Waals surface area contributed by atoms with E-state index in [1.807, 2.05) is 12.2 Å². The topological polar surface area (TPSA) is 85.2 Å². The van der Waals surface area contributed by atoms with E-state index in [0.717, 1.165) is 44.9 Å². The van der Waals surface area contributed by atoms with Gasteiger partial charge in [-0.25, -0.2) is 4.57 Å². The molecule has 0 aliphatic heterocycles. The molecule has 1 aromatic carbocycles. The maximum Gasteiger partial charge on any atom is 0.524 e. The van der Waals surface area contributed by atoms with Crippen LogP contribution in [-0.2, 0) is 4.57 Å². The lowest BCUT2D eigenvalue weighted by molar-refractivity contribution is 0.242. The van der Waals surface area contributed by atoms with Gasteiger partial charge in [0.05, 0.1) is 13.2 Å². The fourth-order valence-electron chi connectivity index (χ4n) is 3.86. The number of benzene rings is 1. The molecule has 1 aromatic rings. The van der Waals surface area contributed by atoms with Gasteiger partial charge in [0.25, 0.3) is 0 Å². The summed E-state index contributed by atoms with van der Waals surface area (Å²) in [4.78, 5) is 18.6. The van der Waals surface area contributed by atoms with E-state index in [0.29, 0.717) is 19.0 Å². The van der Waals surface area contributed by atoms with E-state index in [1.165, 1.54) is 63.9 Å². The summed E-state index contributed by atoms with van der Waals surface area (Å²) >= 11 is 0. The number of ether oxygens (including phenoxy) is 2. The van der Waals surface area contributed by atoms with Crippen LogP contribution in [0.4, 0.5) is 0 Å². The van der Waals surface area contributed by atoms with E-state index >= 15 is 0 Å². The van der Waals surface area contributed by atoms with Gasteiger partial charge in [-0.3, -0.25) is 9.79 Å². The summed E-state index contributed by atoms with van der Waals surface area (Å²) in [5.41, 5.74) is 0. The van der Waals surface area contributed by atoms with Crippen molar-refractivity contribution in [2.45, 2.75) is 103 Å². The van der Waals surface area contributed by atoms with E-state index in [2.05, 4.69) is 13.2 Å². The molecule has 0 aliphatic carbocycles. The fourth-order valence-corrected chi connectivity index (χ4v) is 4.26. The van der Waals surface area contributed by atoms with Crippen LogP contribution in [-0.4, -0.2) is 23.0 Å². The maximum absolute atomic E-state index is 11.4. The van der Waals surface area contributed by atoms with Gasteiger partial charge < -0.3 is 14.0 Å². The number of phosphoric ester groups is 1. The van der Waals surface area contributed by atoms with Crippen LogP contribution in [0.2, 0.25) is 0 Å². The molecule has 7 heteroatoms. The van der Waals surface area contributed by atoms with Crippen molar-refractivity contribution < 1.29 is 28.3 Å². The number of hydrogen-bond donors (Lipinski definition) is 2. The quantitative estimate of drug-likeness (QED) is 0.0823. The highest BCUT2D eigenvalue weighted by Gasteiger charge is 2.21. The molecule has 0 heterocycles. The van der Waals surface area contributed by atoms with Gasteiger partial charge in [0.1, 0.15) is 0 Å². The van der Waals surface area contributed by atoms with Crippen molar-refractivity contribution in [1.29, 1.82) is 0 Å². The van der Waals surface area contributed by atoms with Crippen molar-refractivity contribution in [1.82, 2.24) is 0 Å². The third-order valence-corrected chi connectivity index (χ3v) is 6.20. The first-order valence-corrected chi connectivity index (χ1v) is 14.9. The second kappa shape index (κ2) is 20.4. The highest BCUT2D eigenvalue weighted by molar-refractivity contribution is 7.46. The molecule has 0 amide bonds. The number of para-hydroxylation sites is 1. The Bertz CT molecular complexity index is 730. The van der Waals surface area contributed by atoms with Gasteiger partial charge in [-0.15, -0.1) is 13.2 Å². The Morgan fingerprint density at radius 3 is 1.57 bits per heavy atom. The summed E-state index contributed by atoms with van der Waals surface area (Å²) < 4.78 is 28.1. The van der Waals surface area contributed by atoms with E-state index in [-0.39, 0.29) is 11.5 Å². The number of allylic oxidation sites excluding steroid dienone is 2. The summed E-state index contributed by atoms with van der Waals surface area (Å²) in [7, 11) is -4.70. The minimum atomic E-state index is -4.70. The van der Waals surface area contributed by atoms with Crippen LogP contribution in [0.1, 0.15) is 103 Å². The summed E-state index contributed by atoms with van der Waals surface area (Å²) in [6, 6.07) is 4.91. The Kier molecular flexibility index (Phi) is 18.3. The Labute approximate surface area is 213 Å². The van der Waals surface area contributed by atoms with Crippen molar-refractivity contribution in [2.75, 3.05) is 13.2 Å². The van der Waals surface area contributed by atoms with E-state index in [4.69, 9.17) is 14.0 Å². The van der Waals surface area contributed by atoms with Crippen LogP contribution in [0.5, 0.6) is 17.2 Å². The normalized spacial score (nSPS) is 11.3. The number of rotatable bonds is 24. The lowest BCUT2D eigenvalue weighted by atomic mass is 10.1. The van der Waals surface area contributed by atoms with E-state index in [9.17, 15) is 14.4 Å². The molecule has 0 spiro atoms. The molecular weight excluding hydrogens is 463 g/mol. The molecule has 1 rings (SSSR count). The molecule has 0 fully saturated rings. The van der Waals surface area contributed by atoms with E-state index < -0.39 is 7.82 Å². The highest BCUT2D eigenvalue weighted by Crippen LogP contribution is 2.45. The first-order valence-electron chi connectivity index (χ1n) is 13.3. The van der Waals surface area contributed by atoms with Gasteiger partial charge in [0, 0.05) is 0 Å². The lowest BCUT2D eigenvalue weighted by Crippen LogP contribution is -2.04. The summed E-state index contributed by atoms with van der Waals surface area (Å²) in [5, 5.41) is 0. The van der Waals surface area contributed by atoms with Crippen LogP contribution in [0.3, 0.4) is 0 Å². The zero-order chi connectivity index (χ0) is 25.6. The largest absolute Gasteiger partial charge is 0.524 e. The van der Waals surface area contributed by atoms with Gasteiger partial charge >= 0.3 is 7.82 Å². The van der Waals surface area contributed by atoms with Gasteiger partial charge in [-0.1, -0.05) is 82.4 Å². The van der Waals surface area contributed by atoms with Gasteiger partial charge in [0.15, 0.2) is 11.5 Å². The molecule has 0 atom stereocenters. The monoisotopic (exact) mass is 510 g/mol. The molecule has 0 saturated carbocycles. The summed E-state index contributed by atoms with van der Waals surface area (Å²) in [6.07, 6.45) is 22.2. The molecule has 6 nitrogen and oxygen atoms in total. The summed E-state index contributed by atoms with van der Waals surface area (Å²) in [6.45, 7) is 8.47. The van der Waals surface area contributed by atoms with Crippen molar-refractivity contribution in [3.8, 4) is 17.2 Å². The zero-order valence-electron chi connectivity index (χ0n) is 21.5. The highest BCUT2D eigenvalue weighted by atomic mass is 31.2. The van der Waals surface area contributed by atoms with Crippen LogP contribution in [0.15, 0.2) is 43.5 Å².